The van der Waals surface area contributed by atoms with Crippen LogP contribution in [-0.4, -0.2) is 51.6 Å². The van der Waals surface area contributed by atoms with Gasteiger partial charge in [0.25, 0.3) is 0 Å². The summed E-state index contributed by atoms with van der Waals surface area (Å²) < 4.78 is 5.33. The lowest BCUT2D eigenvalue weighted by molar-refractivity contribution is -0.135. The van der Waals surface area contributed by atoms with E-state index in [4.69, 9.17) is 10.5 Å². The lowest BCUT2D eigenvalue weighted by atomic mass is 10.2. The molecular formula is C15H17N5O2. The lowest BCUT2D eigenvalue weighted by Gasteiger charge is -2.31. The van der Waals surface area contributed by atoms with Crippen LogP contribution in [0.1, 0.15) is 5.56 Å². The maximum absolute atomic E-state index is 11.2. The van der Waals surface area contributed by atoms with Gasteiger partial charge in [-0.15, -0.1) is 0 Å². The largest absolute Gasteiger partial charge is 0.367 e. The van der Waals surface area contributed by atoms with Crippen LogP contribution in [0.4, 0.5) is 0 Å². The van der Waals surface area contributed by atoms with E-state index in [1.165, 1.54) is 0 Å². The van der Waals surface area contributed by atoms with Gasteiger partial charge in [-0.05, 0) is 12.1 Å². The lowest BCUT2D eigenvalue weighted by Crippen LogP contribution is -2.47. The highest BCUT2D eigenvalue weighted by molar-refractivity contribution is 5.79. The van der Waals surface area contributed by atoms with Gasteiger partial charge in [-0.25, -0.2) is 9.97 Å². The normalized spacial score (nSPS) is 19.0. The maximum atomic E-state index is 11.2. The van der Waals surface area contributed by atoms with Crippen molar-refractivity contribution in [1.82, 2.24) is 19.9 Å². The number of rotatable bonds is 4. The van der Waals surface area contributed by atoms with E-state index in [2.05, 4.69) is 19.9 Å². The third kappa shape index (κ3) is 3.44. The molecular weight excluding hydrogens is 282 g/mol. The van der Waals surface area contributed by atoms with Crippen molar-refractivity contribution in [3.63, 3.8) is 0 Å². The van der Waals surface area contributed by atoms with Crippen LogP contribution in [0.2, 0.25) is 0 Å². The first kappa shape index (κ1) is 14.6. The van der Waals surface area contributed by atoms with E-state index in [0.29, 0.717) is 25.5 Å². The molecule has 1 unspecified atom stereocenters. The fourth-order valence-corrected chi connectivity index (χ4v) is 2.34. The predicted molar refractivity (Wildman–Crippen MR) is 79.5 cm³/mol. The molecule has 7 nitrogen and oxygen atoms in total. The smallest absolute Gasteiger partial charge is 0.247 e. The van der Waals surface area contributed by atoms with Gasteiger partial charge in [-0.3, -0.25) is 14.7 Å². The molecule has 22 heavy (non-hydrogen) atoms. The van der Waals surface area contributed by atoms with E-state index in [-0.39, 0.29) is 0 Å². The molecule has 0 aliphatic carbocycles. The summed E-state index contributed by atoms with van der Waals surface area (Å²) in [6, 6.07) is 5.62. The van der Waals surface area contributed by atoms with E-state index >= 15 is 0 Å². The number of ether oxygens (including phenoxy) is 1. The minimum absolute atomic E-state index is 0.425. The Balaban J connectivity index is 1.65. The highest BCUT2D eigenvalue weighted by Gasteiger charge is 2.24. The first-order valence-corrected chi connectivity index (χ1v) is 7.08. The minimum Gasteiger partial charge on any atom is -0.367 e. The second-order valence-corrected chi connectivity index (χ2v) is 5.13. The summed E-state index contributed by atoms with van der Waals surface area (Å²) in [6.45, 7) is 2.42. The summed E-state index contributed by atoms with van der Waals surface area (Å²) in [6.07, 6.45) is 4.74. The number of nitrogens with zero attached hydrogens (tertiary/aromatic N) is 4. The zero-order valence-electron chi connectivity index (χ0n) is 12.1. The van der Waals surface area contributed by atoms with Crippen LogP contribution in [0.5, 0.6) is 0 Å². The number of aromatic nitrogens is 3. The van der Waals surface area contributed by atoms with E-state index < -0.39 is 12.0 Å². The van der Waals surface area contributed by atoms with Crippen LogP contribution in [0.25, 0.3) is 11.5 Å². The van der Waals surface area contributed by atoms with Gasteiger partial charge in [0.2, 0.25) is 5.91 Å². The molecule has 1 atom stereocenters. The van der Waals surface area contributed by atoms with Crippen molar-refractivity contribution in [3.8, 4) is 11.5 Å². The fourth-order valence-electron chi connectivity index (χ4n) is 2.34. The third-order valence-electron chi connectivity index (χ3n) is 3.47. The Morgan fingerprint density at radius 3 is 2.82 bits per heavy atom. The molecule has 114 valence electrons. The van der Waals surface area contributed by atoms with Crippen molar-refractivity contribution in [2.45, 2.75) is 12.6 Å². The number of primary amides is 1. The fraction of sp³-hybridized carbons (Fsp3) is 0.333. The van der Waals surface area contributed by atoms with Gasteiger partial charge in [0.05, 0.1) is 6.61 Å². The first-order chi connectivity index (χ1) is 10.7. The molecule has 1 fully saturated rings. The Kier molecular flexibility index (Phi) is 4.36. The topological polar surface area (TPSA) is 94.2 Å². The first-order valence-electron chi connectivity index (χ1n) is 7.08. The van der Waals surface area contributed by atoms with Gasteiger partial charge in [0, 0.05) is 43.8 Å². The molecule has 3 rings (SSSR count). The molecule has 1 amide bonds. The number of hydrogen-bond donors (Lipinski definition) is 1. The summed E-state index contributed by atoms with van der Waals surface area (Å²) in [5, 5.41) is 0. The second kappa shape index (κ2) is 6.59. The van der Waals surface area contributed by atoms with Gasteiger partial charge in [0.15, 0.2) is 5.82 Å². The molecule has 2 N–H and O–H groups in total. The average molecular weight is 299 g/mol. The zero-order valence-corrected chi connectivity index (χ0v) is 12.1. The maximum Gasteiger partial charge on any atom is 0.247 e. The number of carbonyl (C=O) groups excluding carboxylic acids is 1. The number of amides is 1. The standard InChI is InChI=1S/C15H17N5O2/c16-14(21)13-10-20(5-6-22-13)9-11-7-18-15(19-8-11)12-3-1-2-4-17-12/h1-4,7-8,13H,5-6,9-10H2,(H2,16,21). The zero-order chi connectivity index (χ0) is 15.4. The molecule has 1 aliphatic rings. The van der Waals surface area contributed by atoms with Gasteiger partial charge in [0.1, 0.15) is 11.8 Å². The van der Waals surface area contributed by atoms with E-state index in [1.54, 1.807) is 18.6 Å². The third-order valence-corrected chi connectivity index (χ3v) is 3.47. The summed E-state index contributed by atoms with van der Waals surface area (Å²) >= 11 is 0. The number of nitrogens with two attached hydrogens (primary N) is 1. The Bertz CT molecular complexity index is 632. The summed E-state index contributed by atoms with van der Waals surface area (Å²) in [5.74, 6) is 0.174. The predicted octanol–water partition coefficient (Wildman–Crippen LogP) is 0.225. The second-order valence-electron chi connectivity index (χ2n) is 5.13. The van der Waals surface area contributed by atoms with Crippen LogP contribution in [-0.2, 0) is 16.1 Å². The van der Waals surface area contributed by atoms with Crippen LogP contribution < -0.4 is 5.73 Å². The number of carbonyl (C=O) groups is 1. The summed E-state index contributed by atoms with van der Waals surface area (Å²) in [5.41, 5.74) is 7.01. The molecule has 1 aliphatic heterocycles. The van der Waals surface area contributed by atoms with E-state index in [9.17, 15) is 4.79 Å². The van der Waals surface area contributed by atoms with Crippen LogP contribution in [0.15, 0.2) is 36.8 Å². The minimum atomic E-state index is -0.539. The molecule has 0 bridgehead atoms. The van der Waals surface area contributed by atoms with Crippen LogP contribution >= 0.6 is 0 Å². The van der Waals surface area contributed by atoms with Crippen molar-refractivity contribution >= 4 is 5.91 Å². The van der Waals surface area contributed by atoms with Crippen LogP contribution in [0.3, 0.4) is 0 Å². The summed E-state index contributed by atoms with van der Waals surface area (Å²) in [7, 11) is 0. The van der Waals surface area contributed by atoms with Gasteiger partial charge in [-0.2, -0.15) is 0 Å². The highest BCUT2D eigenvalue weighted by Crippen LogP contribution is 2.13. The molecule has 2 aromatic rings. The van der Waals surface area contributed by atoms with Crippen molar-refractivity contribution in [2.24, 2.45) is 5.73 Å². The summed E-state index contributed by atoms with van der Waals surface area (Å²) in [4.78, 5) is 26.2. The molecule has 0 spiro atoms. The van der Waals surface area contributed by atoms with E-state index in [1.807, 2.05) is 18.2 Å². The SMILES string of the molecule is NC(=O)C1CN(Cc2cnc(-c3ccccn3)nc2)CCO1. The molecule has 2 aromatic heterocycles. The molecule has 0 aromatic carbocycles. The Hall–Kier alpha value is -2.38. The van der Waals surface area contributed by atoms with Crippen molar-refractivity contribution in [1.29, 1.82) is 0 Å². The number of morpholine rings is 1. The van der Waals surface area contributed by atoms with Crippen molar-refractivity contribution in [3.05, 3.63) is 42.4 Å². The van der Waals surface area contributed by atoms with Gasteiger partial charge >= 0.3 is 0 Å². The van der Waals surface area contributed by atoms with Gasteiger partial charge < -0.3 is 10.5 Å². The monoisotopic (exact) mass is 299 g/mol. The Morgan fingerprint density at radius 1 is 1.32 bits per heavy atom. The molecule has 3 heterocycles. The Labute approximate surface area is 128 Å². The molecule has 0 saturated carbocycles. The average Bonchev–Trinajstić information content (AvgIpc) is 2.56. The highest BCUT2D eigenvalue weighted by atomic mass is 16.5. The van der Waals surface area contributed by atoms with Crippen LogP contribution in [0, 0.1) is 0 Å². The number of pyridine rings is 1. The molecule has 0 radical (unpaired) electrons. The van der Waals surface area contributed by atoms with Gasteiger partial charge in [-0.1, -0.05) is 6.07 Å². The molecule has 7 heteroatoms. The Morgan fingerprint density at radius 2 is 2.14 bits per heavy atom. The number of hydrogen-bond acceptors (Lipinski definition) is 6. The van der Waals surface area contributed by atoms with Crippen molar-refractivity contribution in [2.75, 3.05) is 19.7 Å². The molecule has 1 saturated heterocycles. The quantitative estimate of drug-likeness (QED) is 0.868. The van der Waals surface area contributed by atoms with E-state index in [0.717, 1.165) is 17.8 Å². The van der Waals surface area contributed by atoms with Crippen molar-refractivity contribution < 1.29 is 9.53 Å².